The number of rotatable bonds is 3. The molecule has 74 valence electrons. The van der Waals surface area contributed by atoms with Crippen LogP contribution in [-0.4, -0.2) is 29.2 Å². The maximum absolute atomic E-state index is 11.0. The Morgan fingerprint density at radius 3 is 2.92 bits per heavy atom. The van der Waals surface area contributed by atoms with Crippen LogP contribution in [0.3, 0.4) is 0 Å². The van der Waals surface area contributed by atoms with Crippen molar-refractivity contribution < 1.29 is 14.7 Å². The number of amides is 1. The number of hydrogen-bond acceptors (Lipinski definition) is 3. The lowest BCUT2D eigenvalue weighted by Gasteiger charge is -2.28. The van der Waals surface area contributed by atoms with Gasteiger partial charge in [-0.1, -0.05) is 13.3 Å². The number of carboxylic acids is 1. The van der Waals surface area contributed by atoms with Gasteiger partial charge in [-0.25, -0.2) is 0 Å². The summed E-state index contributed by atoms with van der Waals surface area (Å²) in [5, 5.41) is 14.2. The van der Waals surface area contributed by atoms with Gasteiger partial charge >= 0.3 is 5.97 Å². The van der Waals surface area contributed by atoms with Gasteiger partial charge in [0, 0.05) is 0 Å². The van der Waals surface area contributed by atoms with Gasteiger partial charge in [0.15, 0.2) is 0 Å². The second-order valence-corrected chi connectivity index (χ2v) is 3.17. The summed E-state index contributed by atoms with van der Waals surface area (Å²) in [5.74, 6) is -1.15. The van der Waals surface area contributed by atoms with E-state index in [0.29, 0.717) is 0 Å². The third kappa shape index (κ3) is 2.69. The average molecular weight is 186 g/mol. The van der Waals surface area contributed by atoms with Crippen LogP contribution in [0.5, 0.6) is 0 Å². The summed E-state index contributed by atoms with van der Waals surface area (Å²) in [5.41, 5.74) is 0. The van der Waals surface area contributed by atoms with Gasteiger partial charge in [0.2, 0.25) is 5.91 Å². The van der Waals surface area contributed by atoms with Crippen molar-refractivity contribution in [2.24, 2.45) is 0 Å². The van der Waals surface area contributed by atoms with Gasteiger partial charge in [-0.3, -0.25) is 14.9 Å². The fourth-order valence-electron chi connectivity index (χ4n) is 1.38. The van der Waals surface area contributed by atoms with E-state index in [-0.39, 0.29) is 18.5 Å². The van der Waals surface area contributed by atoms with Crippen LogP contribution in [0.2, 0.25) is 0 Å². The van der Waals surface area contributed by atoms with Crippen LogP contribution in [0, 0.1) is 0 Å². The molecular weight excluding hydrogens is 172 g/mol. The van der Waals surface area contributed by atoms with Crippen molar-refractivity contribution in [3.8, 4) is 0 Å². The minimum atomic E-state index is -0.962. The number of aliphatic carboxylic acids is 1. The zero-order valence-corrected chi connectivity index (χ0v) is 7.54. The monoisotopic (exact) mass is 186 g/mol. The third-order valence-electron chi connectivity index (χ3n) is 2.00. The van der Waals surface area contributed by atoms with Gasteiger partial charge in [0.05, 0.1) is 12.6 Å². The molecule has 5 nitrogen and oxygen atoms in total. The normalized spacial score (nSPS) is 28.2. The Hall–Kier alpha value is -1.10. The zero-order valence-electron chi connectivity index (χ0n) is 7.54. The molecule has 0 spiro atoms. The molecule has 0 aliphatic carbocycles. The molecule has 1 rings (SSSR count). The molecule has 13 heavy (non-hydrogen) atoms. The highest BCUT2D eigenvalue weighted by Gasteiger charge is 2.29. The number of carboxylic acid groups (broad SMARTS) is 1. The Morgan fingerprint density at radius 1 is 1.69 bits per heavy atom. The van der Waals surface area contributed by atoms with E-state index in [4.69, 9.17) is 5.11 Å². The van der Waals surface area contributed by atoms with E-state index in [0.717, 1.165) is 12.8 Å². The highest BCUT2D eigenvalue weighted by molar-refractivity contribution is 5.85. The predicted octanol–water partition coefficient (Wildman–Crippen LogP) is -0.325. The molecular formula is C8H14N2O3. The molecule has 1 aliphatic heterocycles. The van der Waals surface area contributed by atoms with Gasteiger partial charge in [0.25, 0.3) is 0 Å². The highest BCUT2D eigenvalue weighted by atomic mass is 16.4. The minimum absolute atomic E-state index is 0.0234. The second-order valence-electron chi connectivity index (χ2n) is 3.17. The van der Waals surface area contributed by atoms with E-state index in [1.807, 2.05) is 6.92 Å². The molecule has 1 aliphatic rings. The van der Waals surface area contributed by atoms with Crippen molar-refractivity contribution in [3.05, 3.63) is 0 Å². The first-order chi connectivity index (χ1) is 6.13. The molecule has 3 N–H and O–H groups in total. The van der Waals surface area contributed by atoms with Crippen LogP contribution in [0.4, 0.5) is 0 Å². The largest absolute Gasteiger partial charge is 0.480 e. The first kappa shape index (κ1) is 9.98. The maximum Gasteiger partial charge on any atom is 0.321 e. The van der Waals surface area contributed by atoms with Crippen molar-refractivity contribution in [3.63, 3.8) is 0 Å². The first-order valence-corrected chi connectivity index (χ1v) is 4.41. The minimum Gasteiger partial charge on any atom is -0.480 e. The highest BCUT2D eigenvalue weighted by Crippen LogP contribution is 2.04. The van der Waals surface area contributed by atoms with E-state index in [1.165, 1.54) is 0 Å². The summed E-state index contributed by atoms with van der Waals surface area (Å²) in [4.78, 5) is 21.7. The van der Waals surface area contributed by atoms with Gasteiger partial charge in [0.1, 0.15) is 6.04 Å². The second kappa shape index (κ2) is 4.23. The van der Waals surface area contributed by atoms with Crippen molar-refractivity contribution in [1.82, 2.24) is 10.6 Å². The maximum atomic E-state index is 11.0. The Balaban J connectivity index is 2.52. The molecule has 5 heteroatoms. The van der Waals surface area contributed by atoms with Crippen molar-refractivity contribution in [2.75, 3.05) is 0 Å². The predicted molar refractivity (Wildman–Crippen MR) is 46.0 cm³/mol. The van der Waals surface area contributed by atoms with Crippen LogP contribution < -0.4 is 10.6 Å². The third-order valence-corrected chi connectivity index (χ3v) is 2.00. The summed E-state index contributed by atoms with van der Waals surface area (Å²) in [7, 11) is 0. The molecule has 1 fully saturated rings. The van der Waals surface area contributed by atoms with Gasteiger partial charge < -0.3 is 10.4 Å². The fourth-order valence-corrected chi connectivity index (χ4v) is 1.38. The van der Waals surface area contributed by atoms with Gasteiger partial charge in [-0.05, 0) is 6.42 Å². The van der Waals surface area contributed by atoms with Crippen LogP contribution in [-0.2, 0) is 9.59 Å². The summed E-state index contributed by atoms with van der Waals surface area (Å²) >= 11 is 0. The lowest BCUT2D eigenvalue weighted by Crippen LogP contribution is -2.58. The van der Waals surface area contributed by atoms with Crippen molar-refractivity contribution in [1.29, 1.82) is 0 Å². The Kier molecular flexibility index (Phi) is 3.25. The topological polar surface area (TPSA) is 78.4 Å². The fraction of sp³-hybridized carbons (Fsp3) is 0.750. The zero-order chi connectivity index (χ0) is 9.84. The molecule has 2 unspecified atom stereocenters. The van der Waals surface area contributed by atoms with Crippen LogP contribution in [0.1, 0.15) is 26.2 Å². The molecule has 1 saturated heterocycles. The van der Waals surface area contributed by atoms with E-state index in [1.54, 1.807) is 0 Å². The molecule has 0 aromatic carbocycles. The number of carbonyl (C=O) groups excluding carboxylic acids is 1. The number of nitrogens with one attached hydrogen (secondary N) is 2. The number of hydrogen-bond donors (Lipinski definition) is 3. The number of carbonyl (C=O) groups is 2. The molecule has 1 amide bonds. The molecule has 0 saturated carbocycles. The summed E-state index contributed by atoms with van der Waals surface area (Å²) in [6, 6.07) is -0.731. The van der Waals surface area contributed by atoms with Crippen LogP contribution >= 0.6 is 0 Å². The summed E-state index contributed by atoms with van der Waals surface area (Å²) in [6.45, 7) is 1.98. The molecule has 0 aromatic rings. The Bertz CT molecular complexity index is 217. The Morgan fingerprint density at radius 2 is 2.38 bits per heavy atom. The molecule has 1 heterocycles. The SMILES string of the molecule is CCCC1NC(=O)CC(C(=O)O)N1. The first-order valence-electron chi connectivity index (χ1n) is 4.41. The van der Waals surface area contributed by atoms with Gasteiger partial charge in [-0.2, -0.15) is 0 Å². The molecule has 0 bridgehead atoms. The standard InChI is InChI=1S/C8H14N2O3/c1-2-3-6-9-5(8(12)13)4-7(11)10-6/h5-6,9H,2-4H2,1H3,(H,10,11)(H,12,13). The van der Waals surface area contributed by atoms with E-state index < -0.39 is 12.0 Å². The molecule has 0 radical (unpaired) electrons. The lowest BCUT2D eigenvalue weighted by atomic mass is 10.1. The van der Waals surface area contributed by atoms with E-state index >= 15 is 0 Å². The quantitative estimate of drug-likeness (QED) is 0.564. The van der Waals surface area contributed by atoms with Crippen LogP contribution in [0.15, 0.2) is 0 Å². The van der Waals surface area contributed by atoms with E-state index in [2.05, 4.69) is 10.6 Å². The average Bonchev–Trinajstić information content (AvgIpc) is 2.03. The summed E-state index contributed by atoms with van der Waals surface area (Å²) in [6.07, 6.45) is 1.50. The van der Waals surface area contributed by atoms with Crippen molar-refractivity contribution >= 4 is 11.9 Å². The van der Waals surface area contributed by atoms with E-state index in [9.17, 15) is 9.59 Å². The lowest BCUT2D eigenvalue weighted by molar-refractivity contribution is -0.143. The summed E-state index contributed by atoms with van der Waals surface area (Å²) < 4.78 is 0. The molecule has 2 atom stereocenters. The van der Waals surface area contributed by atoms with Gasteiger partial charge in [-0.15, -0.1) is 0 Å². The Labute approximate surface area is 76.5 Å². The van der Waals surface area contributed by atoms with Crippen LogP contribution in [0.25, 0.3) is 0 Å². The molecule has 0 aromatic heterocycles. The van der Waals surface area contributed by atoms with Crippen molar-refractivity contribution in [2.45, 2.75) is 38.4 Å². The smallest absolute Gasteiger partial charge is 0.321 e.